The van der Waals surface area contributed by atoms with Crippen LogP contribution in [0.2, 0.25) is 5.02 Å². The average Bonchev–Trinajstić information content (AvgIpc) is 2.66. The molecule has 0 fully saturated rings. The first-order chi connectivity index (χ1) is 13.1. The third-order valence-electron chi connectivity index (χ3n) is 4.05. The second-order valence-corrected chi connectivity index (χ2v) is 7.35. The lowest BCUT2D eigenvalue weighted by atomic mass is 9.87. The fourth-order valence-corrected chi connectivity index (χ4v) is 3.86. The number of nitrogens with zero attached hydrogens (tertiary/aromatic N) is 1. The van der Waals surface area contributed by atoms with Gasteiger partial charge in [-0.3, -0.25) is 4.79 Å². The van der Waals surface area contributed by atoms with Crippen LogP contribution in [0, 0.1) is 17.1 Å². The highest BCUT2D eigenvalue weighted by atomic mass is 35.5. The van der Waals surface area contributed by atoms with Crippen LogP contribution in [0.5, 0.6) is 5.75 Å². The smallest absolute Gasteiger partial charge is 0.225 e. The normalized spacial score (nSPS) is 16.6. The number of hydrogen-bond donors (Lipinski definition) is 1. The summed E-state index contributed by atoms with van der Waals surface area (Å²) in [4.78, 5) is 12.1. The molecule has 0 saturated carbocycles. The van der Waals surface area contributed by atoms with Gasteiger partial charge in [-0.25, -0.2) is 4.39 Å². The van der Waals surface area contributed by atoms with E-state index < -0.39 is 0 Å². The summed E-state index contributed by atoms with van der Waals surface area (Å²) >= 11 is 7.39. The Kier molecular flexibility index (Phi) is 6.38. The lowest BCUT2D eigenvalue weighted by Crippen LogP contribution is -2.31. The van der Waals surface area contributed by atoms with E-state index in [9.17, 15) is 14.4 Å². The van der Waals surface area contributed by atoms with Crippen molar-refractivity contribution in [1.29, 1.82) is 5.26 Å². The number of para-hydroxylation sites is 1. The number of rotatable bonds is 6. The maximum absolute atomic E-state index is 13.2. The third-order valence-corrected chi connectivity index (χ3v) is 5.35. The molecule has 1 aliphatic rings. The van der Waals surface area contributed by atoms with E-state index in [2.05, 4.69) is 11.4 Å². The summed E-state index contributed by atoms with van der Waals surface area (Å²) < 4.78 is 18.8. The number of amides is 1. The highest BCUT2D eigenvalue weighted by Crippen LogP contribution is 2.36. The summed E-state index contributed by atoms with van der Waals surface area (Å²) in [6.45, 7) is 0.369. The Morgan fingerprint density at radius 3 is 2.70 bits per heavy atom. The van der Waals surface area contributed by atoms with Crippen LogP contribution in [-0.2, 0) is 4.79 Å². The predicted molar refractivity (Wildman–Crippen MR) is 104 cm³/mol. The van der Waals surface area contributed by atoms with Gasteiger partial charge in [0, 0.05) is 18.1 Å². The van der Waals surface area contributed by atoms with Gasteiger partial charge in [0.15, 0.2) is 0 Å². The van der Waals surface area contributed by atoms with Gasteiger partial charge in [-0.1, -0.05) is 35.9 Å². The van der Waals surface area contributed by atoms with E-state index >= 15 is 0 Å². The molecule has 1 heterocycles. The number of ether oxygens (including phenoxy) is 1. The Bertz CT molecular complexity index is 909. The number of nitriles is 1. The quantitative estimate of drug-likeness (QED) is 0.715. The Morgan fingerprint density at radius 1 is 1.26 bits per heavy atom. The minimum atomic E-state index is -0.378. The average molecular weight is 403 g/mol. The summed E-state index contributed by atoms with van der Waals surface area (Å²) in [5.74, 6) is 0.218. The van der Waals surface area contributed by atoms with Crippen molar-refractivity contribution in [3.63, 3.8) is 0 Å². The standard InChI is InChI=1S/C20H16ClFN2O2S/c21-17-3-1-2-4-18(17)26-9-10-27-20-16(12-23)15(11-19(25)24-20)13-5-7-14(22)8-6-13/h1-8,15H,9-11H2,(H,24,25)/t15-/m0/s1. The molecule has 0 aliphatic carbocycles. The minimum Gasteiger partial charge on any atom is -0.491 e. The van der Waals surface area contributed by atoms with Gasteiger partial charge in [0.1, 0.15) is 11.6 Å². The fourth-order valence-electron chi connectivity index (χ4n) is 2.77. The van der Waals surface area contributed by atoms with Gasteiger partial charge in [-0.2, -0.15) is 5.26 Å². The molecule has 2 aromatic rings. The maximum Gasteiger partial charge on any atom is 0.225 e. The molecule has 1 N–H and O–H groups in total. The summed E-state index contributed by atoms with van der Waals surface area (Å²) in [7, 11) is 0. The van der Waals surface area contributed by atoms with Gasteiger partial charge < -0.3 is 10.1 Å². The number of carbonyl (C=O) groups excluding carboxylic acids is 1. The summed E-state index contributed by atoms with van der Waals surface area (Å²) in [5.41, 5.74) is 1.22. The topological polar surface area (TPSA) is 62.1 Å². The Balaban J connectivity index is 1.70. The summed E-state index contributed by atoms with van der Waals surface area (Å²) in [6.07, 6.45) is 0.161. The van der Waals surface area contributed by atoms with Crippen LogP contribution in [-0.4, -0.2) is 18.3 Å². The van der Waals surface area contributed by atoms with Crippen molar-refractivity contribution in [2.45, 2.75) is 12.3 Å². The molecule has 1 aliphatic heterocycles. The van der Waals surface area contributed by atoms with Crippen molar-refractivity contribution in [2.24, 2.45) is 0 Å². The molecule has 2 aromatic carbocycles. The Labute approximate surface area is 166 Å². The number of halogens is 2. The first-order valence-corrected chi connectivity index (χ1v) is 9.64. The fraction of sp³-hybridized carbons (Fsp3) is 0.200. The van der Waals surface area contributed by atoms with Crippen molar-refractivity contribution in [1.82, 2.24) is 5.32 Å². The van der Waals surface area contributed by atoms with E-state index in [1.165, 1.54) is 23.9 Å². The number of allylic oxidation sites excluding steroid dienone is 1. The molecule has 3 rings (SSSR count). The van der Waals surface area contributed by atoms with Gasteiger partial charge in [0.25, 0.3) is 0 Å². The molecule has 1 amide bonds. The second kappa shape index (κ2) is 8.94. The second-order valence-electron chi connectivity index (χ2n) is 5.84. The van der Waals surface area contributed by atoms with E-state index in [-0.39, 0.29) is 24.1 Å². The van der Waals surface area contributed by atoms with Crippen LogP contribution < -0.4 is 10.1 Å². The molecule has 27 heavy (non-hydrogen) atoms. The van der Waals surface area contributed by atoms with Gasteiger partial charge in [-0.05, 0) is 29.8 Å². The molecular weight excluding hydrogens is 387 g/mol. The highest BCUT2D eigenvalue weighted by molar-refractivity contribution is 8.03. The molecule has 0 spiro atoms. The first kappa shape index (κ1) is 19.3. The number of carbonyl (C=O) groups is 1. The van der Waals surface area contributed by atoms with Gasteiger partial charge >= 0.3 is 0 Å². The third kappa shape index (κ3) is 4.82. The molecule has 138 valence electrons. The molecule has 0 radical (unpaired) electrons. The van der Waals surface area contributed by atoms with Crippen molar-refractivity contribution in [3.05, 3.63) is 75.5 Å². The summed E-state index contributed by atoms with van der Waals surface area (Å²) in [6, 6.07) is 15.3. The zero-order valence-electron chi connectivity index (χ0n) is 14.2. The van der Waals surface area contributed by atoms with Crippen LogP contribution in [0.25, 0.3) is 0 Å². The van der Waals surface area contributed by atoms with E-state index in [4.69, 9.17) is 16.3 Å². The van der Waals surface area contributed by atoms with E-state index in [1.807, 2.05) is 12.1 Å². The largest absolute Gasteiger partial charge is 0.491 e. The number of hydrogen-bond acceptors (Lipinski definition) is 4. The van der Waals surface area contributed by atoms with Crippen LogP contribution in [0.3, 0.4) is 0 Å². The molecule has 7 heteroatoms. The van der Waals surface area contributed by atoms with Crippen LogP contribution in [0.15, 0.2) is 59.1 Å². The lowest BCUT2D eigenvalue weighted by molar-refractivity contribution is -0.120. The van der Waals surface area contributed by atoms with Crippen LogP contribution in [0.1, 0.15) is 17.9 Å². The lowest BCUT2D eigenvalue weighted by Gasteiger charge is -2.25. The van der Waals surface area contributed by atoms with Gasteiger partial charge in [0.2, 0.25) is 5.91 Å². The predicted octanol–water partition coefficient (Wildman–Crippen LogP) is 4.63. The molecule has 4 nitrogen and oxygen atoms in total. The van der Waals surface area contributed by atoms with E-state index in [1.54, 1.807) is 24.3 Å². The monoisotopic (exact) mass is 402 g/mol. The maximum atomic E-state index is 13.2. The number of nitrogens with one attached hydrogen (secondary N) is 1. The Morgan fingerprint density at radius 2 is 2.00 bits per heavy atom. The number of benzene rings is 2. The Hall–Kier alpha value is -2.49. The van der Waals surface area contributed by atoms with Gasteiger partial charge in [0.05, 0.1) is 28.3 Å². The molecule has 1 atom stereocenters. The van der Waals surface area contributed by atoms with E-state index in [0.29, 0.717) is 33.7 Å². The first-order valence-electron chi connectivity index (χ1n) is 8.28. The SMILES string of the molecule is N#CC1=C(SCCOc2ccccc2Cl)NC(=O)C[C@H]1c1ccc(F)cc1. The molecule has 0 unspecified atom stereocenters. The zero-order valence-corrected chi connectivity index (χ0v) is 15.8. The van der Waals surface area contributed by atoms with Crippen LogP contribution >= 0.6 is 23.4 Å². The van der Waals surface area contributed by atoms with E-state index in [0.717, 1.165) is 5.56 Å². The summed E-state index contributed by atoms with van der Waals surface area (Å²) in [5, 5.41) is 13.4. The van der Waals surface area contributed by atoms with Crippen molar-refractivity contribution < 1.29 is 13.9 Å². The van der Waals surface area contributed by atoms with Gasteiger partial charge in [-0.15, -0.1) is 11.8 Å². The molecule has 0 aromatic heterocycles. The highest BCUT2D eigenvalue weighted by Gasteiger charge is 2.29. The molecule has 0 saturated heterocycles. The van der Waals surface area contributed by atoms with Crippen molar-refractivity contribution >= 4 is 29.3 Å². The molecular formula is C20H16ClFN2O2S. The zero-order chi connectivity index (χ0) is 19.2. The van der Waals surface area contributed by atoms with Crippen LogP contribution in [0.4, 0.5) is 4.39 Å². The minimum absolute atomic E-state index is 0.161. The van der Waals surface area contributed by atoms with Crippen molar-refractivity contribution in [2.75, 3.05) is 12.4 Å². The molecule has 0 bridgehead atoms. The van der Waals surface area contributed by atoms with Crippen molar-refractivity contribution in [3.8, 4) is 11.8 Å². The number of thioether (sulfide) groups is 1.